The first-order valence-corrected chi connectivity index (χ1v) is 8.58. The lowest BCUT2D eigenvalue weighted by molar-refractivity contribution is -0.140. The van der Waals surface area contributed by atoms with Gasteiger partial charge in [-0.25, -0.2) is 0 Å². The zero-order valence-electron chi connectivity index (χ0n) is 14.5. The summed E-state index contributed by atoms with van der Waals surface area (Å²) in [6.45, 7) is 5.71. The Balaban J connectivity index is 1.61. The Morgan fingerprint density at radius 3 is 2.12 bits per heavy atom. The standard InChI is InChI=1S/C22H19NO3/c1-3-19-14(2)23-26-20(19)17-6-4-15(5-7-17)16-8-10-18(11-9-16)22(12-13-22)21(24)25/h3-11H,1,12-13H2,2H3,(H,24,25). The van der Waals surface area contributed by atoms with Crippen LogP contribution >= 0.6 is 0 Å². The number of carboxylic acids is 1. The fourth-order valence-electron chi connectivity index (χ4n) is 3.37. The maximum atomic E-state index is 11.4. The van der Waals surface area contributed by atoms with Crippen LogP contribution in [0.1, 0.15) is 29.7 Å². The monoisotopic (exact) mass is 345 g/mol. The van der Waals surface area contributed by atoms with Gasteiger partial charge in [-0.1, -0.05) is 66.3 Å². The lowest BCUT2D eigenvalue weighted by atomic mass is 9.93. The molecule has 0 unspecified atom stereocenters. The molecule has 0 spiro atoms. The van der Waals surface area contributed by atoms with Crippen molar-refractivity contribution >= 4 is 12.0 Å². The third-order valence-corrected chi connectivity index (χ3v) is 5.19. The zero-order valence-corrected chi connectivity index (χ0v) is 14.5. The van der Waals surface area contributed by atoms with E-state index in [1.54, 1.807) is 6.08 Å². The average molecular weight is 345 g/mol. The molecule has 2 aromatic carbocycles. The number of carboxylic acid groups (broad SMARTS) is 1. The van der Waals surface area contributed by atoms with Gasteiger partial charge in [-0.2, -0.15) is 0 Å². The summed E-state index contributed by atoms with van der Waals surface area (Å²) in [6.07, 6.45) is 3.20. The topological polar surface area (TPSA) is 63.3 Å². The van der Waals surface area contributed by atoms with Gasteiger partial charge in [0.1, 0.15) is 0 Å². The van der Waals surface area contributed by atoms with Crippen LogP contribution in [-0.4, -0.2) is 16.2 Å². The van der Waals surface area contributed by atoms with E-state index in [9.17, 15) is 9.90 Å². The van der Waals surface area contributed by atoms with Gasteiger partial charge in [0.2, 0.25) is 0 Å². The third kappa shape index (κ3) is 2.54. The maximum absolute atomic E-state index is 11.4. The Labute approximate surface area is 151 Å². The van der Waals surface area contributed by atoms with Crippen molar-refractivity contribution in [3.63, 3.8) is 0 Å². The summed E-state index contributed by atoms with van der Waals surface area (Å²) < 4.78 is 5.42. The summed E-state index contributed by atoms with van der Waals surface area (Å²) in [6, 6.07) is 15.9. The molecular weight excluding hydrogens is 326 g/mol. The van der Waals surface area contributed by atoms with Crippen LogP contribution in [-0.2, 0) is 10.2 Å². The number of aryl methyl sites for hydroxylation is 1. The molecule has 4 rings (SSSR count). The molecule has 130 valence electrons. The van der Waals surface area contributed by atoms with Crippen molar-refractivity contribution in [1.82, 2.24) is 5.16 Å². The van der Waals surface area contributed by atoms with Gasteiger partial charge in [0.15, 0.2) is 5.76 Å². The predicted molar refractivity (Wildman–Crippen MR) is 101 cm³/mol. The molecule has 0 bridgehead atoms. The van der Waals surface area contributed by atoms with Crippen LogP contribution in [0.25, 0.3) is 28.5 Å². The SMILES string of the molecule is C=Cc1c(C)noc1-c1ccc(-c2ccc(C3(C(=O)O)CC3)cc2)cc1. The molecule has 1 aliphatic carbocycles. The Bertz CT molecular complexity index is 977. The summed E-state index contributed by atoms with van der Waals surface area (Å²) in [5.41, 5.74) is 5.03. The van der Waals surface area contributed by atoms with E-state index < -0.39 is 11.4 Å². The molecule has 0 saturated heterocycles. The Kier molecular flexibility index (Phi) is 3.76. The van der Waals surface area contributed by atoms with Crippen LogP contribution in [0.15, 0.2) is 59.6 Å². The van der Waals surface area contributed by atoms with Crippen LogP contribution in [0, 0.1) is 6.92 Å². The molecule has 1 heterocycles. The summed E-state index contributed by atoms with van der Waals surface area (Å²) in [4.78, 5) is 11.4. The van der Waals surface area contributed by atoms with Crippen LogP contribution in [0.3, 0.4) is 0 Å². The van der Waals surface area contributed by atoms with Gasteiger partial charge in [-0.3, -0.25) is 4.79 Å². The van der Waals surface area contributed by atoms with E-state index in [-0.39, 0.29) is 0 Å². The number of hydrogen-bond acceptors (Lipinski definition) is 3. The predicted octanol–water partition coefficient (Wildman–Crippen LogP) is 5.08. The number of hydrogen-bond donors (Lipinski definition) is 1. The van der Waals surface area contributed by atoms with Gasteiger partial charge in [0.25, 0.3) is 0 Å². The maximum Gasteiger partial charge on any atom is 0.314 e. The van der Waals surface area contributed by atoms with E-state index >= 15 is 0 Å². The second kappa shape index (κ2) is 5.99. The van der Waals surface area contributed by atoms with Crippen molar-refractivity contribution in [2.75, 3.05) is 0 Å². The highest BCUT2D eigenvalue weighted by Gasteiger charge is 2.51. The lowest BCUT2D eigenvalue weighted by Gasteiger charge is -2.11. The van der Waals surface area contributed by atoms with E-state index in [0.717, 1.165) is 52.1 Å². The van der Waals surface area contributed by atoms with Crippen LogP contribution in [0.2, 0.25) is 0 Å². The molecule has 1 aromatic heterocycles. The minimum atomic E-state index is -0.727. The van der Waals surface area contributed by atoms with Crippen LogP contribution < -0.4 is 0 Å². The summed E-state index contributed by atoms with van der Waals surface area (Å²) in [5.74, 6) is -0.00786. The van der Waals surface area contributed by atoms with Gasteiger partial charge in [-0.05, 0) is 36.5 Å². The second-order valence-corrected chi connectivity index (χ2v) is 6.76. The van der Waals surface area contributed by atoms with Crippen molar-refractivity contribution in [3.05, 3.63) is 71.9 Å². The molecule has 1 aliphatic rings. The first kappa shape index (κ1) is 16.3. The molecule has 0 atom stereocenters. The molecule has 1 fully saturated rings. The van der Waals surface area contributed by atoms with E-state index in [2.05, 4.69) is 11.7 Å². The zero-order chi connectivity index (χ0) is 18.3. The third-order valence-electron chi connectivity index (χ3n) is 5.19. The summed E-state index contributed by atoms with van der Waals surface area (Å²) in [5, 5.41) is 13.4. The molecule has 3 aromatic rings. The minimum Gasteiger partial charge on any atom is -0.481 e. The summed E-state index contributed by atoms with van der Waals surface area (Å²) in [7, 11) is 0. The smallest absolute Gasteiger partial charge is 0.314 e. The van der Waals surface area contributed by atoms with Crippen LogP contribution in [0.4, 0.5) is 0 Å². The minimum absolute atomic E-state index is 0.659. The lowest BCUT2D eigenvalue weighted by Crippen LogP contribution is -2.19. The van der Waals surface area contributed by atoms with E-state index in [1.165, 1.54) is 0 Å². The highest BCUT2D eigenvalue weighted by Crippen LogP contribution is 2.48. The Hall–Kier alpha value is -3.14. The van der Waals surface area contributed by atoms with Crippen molar-refractivity contribution in [2.45, 2.75) is 25.2 Å². The number of aromatic nitrogens is 1. The molecule has 1 N–H and O–H groups in total. The molecule has 26 heavy (non-hydrogen) atoms. The fraction of sp³-hybridized carbons (Fsp3) is 0.182. The van der Waals surface area contributed by atoms with E-state index in [0.29, 0.717) is 0 Å². The normalized spacial score (nSPS) is 14.8. The second-order valence-electron chi connectivity index (χ2n) is 6.76. The number of carbonyl (C=O) groups is 1. The van der Waals surface area contributed by atoms with Crippen molar-refractivity contribution < 1.29 is 14.4 Å². The van der Waals surface area contributed by atoms with E-state index in [1.807, 2.05) is 55.5 Å². The molecule has 0 amide bonds. The van der Waals surface area contributed by atoms with Crippen molar-refractivity contribution in [2.24, 2.45) is 0 Å². The van der Waals surface area contributed by atoms with Gasteiger partial charge in [-0.15, -0.1) is 0 Å². The van der Waals surface area contributed by atoms with Gasteiger partial charge < -0.3 is 9.63 Å². The highest BCUT2D eigenvalue weighted by atomic mass is 16.5. The van der Waals surface area contributed by atoms with Crippen molar-refractivity contribution in [1.29, 1.82) is 0 Å². The van der Waals surface area contributed by atoms with Gasteiger partial charge >= 0.3 is 5.97 Å². The molecule has 0 radical (unpaired) electrons. The number of benzene rings is 2. The quantitative estimate of drug-likeness (QED) is 0.701. The number of rotatable bonds is 5. The highest BCUT2D eigenvalue weighted by molar-refractivity contribution is 5.85. The number of nitrogens with zero attached hydrogens (tertiary/aromatic N) is 1. The average Bonchev–Trinajstić information content (AvgIpc) is 3.40. The molecule has 0 aliphatic heterocycles. The van der Waals surface area contributed by atoms with Crippen molar-refractivity contribution in [3.8, 4) is 22.5 Å². The van der Waals surface area contributed by atoms with E-state index in [4.69, 9.17) is 4.52 Å². The molecule has 1 saturated carbocycles. The Morgan fingerprint density at radius 1 is 1.08 bits per heavy atom. The van der Waals surface area contributed by atoms with Crippen LogP contribution in [0.5, 0.6) is 0 Å². The Morgan fingerprint density at radius 2 is 1.62 bits per heavy atom. The van der Waals surface area contributed by atoms with Gasteiger partial charge in [0.05, 0.1) is 11.1 Å². The summed E-state index contributed by atoms with van der Waals surface area (Å²) >= 11 is 0. The fourth-order valence-corrected chi connectivity index (χ4v) is 3.37. The first-order chi connectivity index (χ1) is 12.5. The molecular formula is C22H19NO3. The van der Waals surface area contributed by atoms with Gasteiger partial charge in [0, 0.05) is 11.1 Å². The number of aliphatic carboxylic acids is 1. The first-order valence-electron chi connectivity index (χ1n) is 8.58. The largest absolute Gasteiger partial charge is 0.481 e. The molecule has 4 heteroatoms. The molecule has 4 nitrogen and oxygen atoms in total.